The molecule has 0 aliphatic rings. The zero-order chi connectivity index (χ0) is 35.5. The highest BCUT2D eigenvalue weighted by Gasteiger charge is 2.31. The fourth-order valence-corrected chi connectivity index (χ4v) is 8.23. The molecule has 7 rings (SSSR count). The minimum Gasteiger partial charge on any atom is -0.226 e. The van der Waals surface area contributed by atoms with Crippen LogP contribution in [0, 0.1) is 13.8 Å². The molecule has 0 atom stereocenters. The van der Waals surface area contributed by atoms with Crippen molar-refractivity contribution in [3.8, 4) is 33.9 Å². The monoisotopic (exact) mass is 660 g/mol. The normalized spacial score (nSPS) is 12.2. The molecule has 0 aliphatic heterocycles. The van der Waals surface area contributed by atoms with Crippen LogP contribution in [0.15, 0.2) is 109 Å². The van der Waals surface area contributed by atoms with E-state index in [1.54, 1.807) is 0 Å². The fourth-order valence-electron chi connectivity index (χ4n) is 8.23. The first-order valence-corrected chi connectivity index (χ1v) is 18.2. The van der Waals surface area contributed by atoms with Crippen molar-refractivity contribution in [2.24, 2.45) is 14.1 Å². The van der Waals surface area contributed by atoms with E-state index in [4.69, 9.17) is 0 Å². The summed E-state index contributed by atoms with van der Waals surface area (Å²) in [6.07, 6.45) is 0.953. The van der Waals surface area contributed by atoms with Crippen LogP contribution in [0.1, 0.15) is 75.9 Å². The Morgan fingerprint density at radius 2 is 1.12 bits per heavy atom. The molecule has 0 aliphatic carbocycles. The smallest absolute Gasteiger partial charge is 0.226 e. The quantitative estimate of drug-likeness (QED) is 0.144. The predicted octanol–water partition coefficient (Wildman–Crippen LogP) is 10.5. The van der Waals surface area contributed by atoms with Gasteiger partial charge in [0, 0.05) is 0 Å². The van der Waals surface area contributed by atoms with E-state index in [1.165, 1.54) is 78.2 Å². The Balaban J connectivity index is 1.24. The van der Waals surface area contributed by atoms with Gasteiger partial charge in [-0.05, 0) is 123 Å². The lowest BCUT2D eigenvalue weighted by atomic mass is 9.78. The first-order chi connectivity index (χ1) is 23.9. The molecule has 50 heavy (non-hydrogen) atoms. The third-order valence-electron chi connectivity index (χ3n) is 10.8. The highest BCUT2D eigenvalue weighted by molar-refractivity contribution is 5.80. The standard InChI is InChI=1S/C46H52N4/c1-30(2)49-42-19-15-14-18-40(42)47(9)44(49)39-24-22-37(27-33(39)6)46(7,8)29-34-20-25-41-43(28-34)50(31(3)4)45(48(41)10)38-23-21-36(26-32(38)5)35-16-12-11-13-17-35/h11-28,30-31H,29H2,1-10H3/q+2. The molecule has 4 nitrogen and oxygen atoms in total. The van der Waals surface area contributed by atoms with Gasteiger partial charge in [-0.15, -0.1) is 0 Å². The predicted molar refractivity (Wildman–Crippen MR) is 210 cm³/mol. The van der Waals surface area contributed by atoms with Gasteiger partial charge in [-0.1, -0.05) is 86.6 Å². The van der Waals surface area contributed by atoms with Gasteiger partial charge in [0.1, 0.15) is 0 Å². The van der Waals surface area contributed by atoms with Gasteiger partial charge < -0.3 is 0 Å². The number of hydrogen-bond acceptors (Lipinski definition) is 0. The molecular formula is C46H52N4+2. The maximum absolute atomic E-state index is 2.53. The molecule has 254 valence electrons. The number of para-hydroxylation sites is 2. The van der Waals surface area contributed by atoms with Crippen molar-refractivity contribution in [3.05, 3.63) is 131 Å². The SMILES string of the molecule is Cc1cc(C(C)(C)Cc2ccc3c(c2)n(C(C)C)c(-c2ccc(-c4ccccc4)cc2C)[n+]3C)ccc1-c1n(C(C)C)c2ccccc2[n+]1C. The van der Waals surface area contributed by atoms with E-state index in [0.717, 1.165) is 6.42 Å². The third kappa shape index (κ3) is 5.65. The summed E-state index contributed by atoms with van der Waals surface area (Å²) in [5, 5.41) is 0. The highest BCUT2D eigenvalue weighted by atomic mass is 15.2. The van der Waals surface area contributed by atoms with Crippen molar-refractivity contribution in [2.75, 3.05) is 0 Å². The lowest BCUT2D eigenvalue weighted by Crippen LogP contribution is -2.31. The second kappa shape index (κ2) is 12.7. The molecular weight excluding hydrogens is 609 g/mol. The maximum Gasteiger partial charge on any atom is 0.290 e. The summed E-state index contributed by atoms with van der Waals surface area (Å²) in [6.45, 7) is 18.5. The summed E-state index contributed by atoms with van der Waals surface area (Å²) in [5.41, 5.74) is 15.4. The van der Waals surface area contributed by atoms with Gasteiger partial charge in [-0.2, -0.15) is 0 Å². The Labute approximate surface area is 298 Å². The van der Waals surface area contributed by atoms with Crippen LogP contribution in [0.4, 0.5) is 0 Å². The maximum atomic E-state index is 2.53. The molecule has 0 bridgehead atoms. The molecule has 7 aromatic rings. The molecule has 2 heterocycles. The average Bonchev–Trinajstić information content (AvgIpc) is 3.55. The van der Waals surface area contributed by atoms with Gasteiger partial charge in [0.2, 0.25) is 0 Å². The lowest BCUT2D eigenvalue weighted by Gasteiger charge is -2.26. The van der Waals surface area contributed by atoms with Crippen molar-refractivity contribution in [3.63, 3.8) is 0 Å². The highest BCUT2D eigenvalue weighted by Crippen LogP contribution is 2.36. The van der Waals surface area contributed by atoms with Crippen LogP contribution in [0.3, 0.4) is 0 Å². The number of benzene rings is 5. The number of rotatable bonds is 8. The van der Waals surface area contributed by atoms with Crippen LogP contribution in [0.2, 0.25) is 0 Å². The summed E-state index contributed by atoms with van der Waals surface area (Å²) in [5.74, 6) is 2.51. The number of aryl methyl sites for hydroxylation is 4. The van der Waals surface area contributed by atoms with E-state index >= 15 is 0 Å². The molecule has 0 saturated heterocycles. The van der Waals surface area contributed by atoms with Gasteiger partial charge >= 0.3 is 0 Å². The van der Waals surface area contributed by atoms with Gasteiger partial charge in [0.05, 0.1) is 37.3 Å². The molecule has 4 heteroatoms. The average molecular weight is 661 g/mol. The van der Waals surface area contributed by atoms with Crippen molar-refractivity contribution < 1.29 is 9.13 Å². The molecule has 0 amide bonds. The number of fused-ring (bicyclic) bond motifs is 2. The summed E-state index contributed by atoms with van der Waals surface area (Å²) in [7, 11) is 4.41. The van der Waals surface area contributed by atoms with Gasteiger partial charge in [0.15, 0.2) is 22.1 Å². The van der Waals surface area contributed by atoms with E-state index in [1.807, 2.05) is 0 Å². The zero-order valence-electron chi connectivity index (χ0n) is 31.5. The summed E-state index contributed by atoms with van der Waals surface area (Å²) in [6, 6.07) is 41.2. The van der Waals surface area contributed by atoms with Crippen LogP contribution in [-0.2, 0) is 25.9 Å². The Kier molecular flexibility index (Phi) is 8.54. The molecule has 0 radical (unpaired) electrons. The molecule has 5 aromatic carbocycles. The Hall–Kier alpha value is -4.96. The molecule has 0 fully saturated rings. The molecule has 0 saturated carbocycles. The van der Waals surface area contributed by atoms with E-state index < -0.39 is 0 Å². The first kappa shape index (κ1) is 33.5. The van der Waals surface area contributed by atoms with Crippen molar-refractivity contribution in [2.45, 2.75) is 79.3 Å². The van der Waals surface area contributed by atoms with Crippen molar-refractivity contribution in [1.82, 2.24) is 9.13 Å². The van der Waals surface area contributed by atoms with Crippen LogP contribution < -0.4 is 9.13 Å². The van der Waals surface area contributed by atoms with Gasteiger partial charge in [-0.3, -0.25) is 0 Å². The number of imidazole rings is 2. The molecule has 0 N–H and O–H groups in total. The third-order valence-corrected chi connectivity index (χ3v) is 10.8. The summed E-state index contributed by atoms with van der Waals surface area (Å²) in [4.78, 5) is 0. The second-order valence-electron chi connectivity index (χ2n) is 15.5. The number of aromatic nitrogens is 4. The van der Waals surface area contributed by atoms with E-state index in [9.17, 15) is 0 Å². The summed E-state index contributed by atoms with van der Waals surface area (Å²) < 4.78 is 9.75. The van der Waals surface area contributed by atoms with Crippen molar-refractivity contribution >= 4 is 22.1 Å². The number of hydrogen-bond donors (Lipinski definition) is 0. The van der Waals surface area contributed by atoms with Crippen LogP contribution in [0.25, 0.3) is 56.0 Å². The Morgan fingerprint density at radius 3 is 1.74 bits per heavy atom. The molecule has 0 unspecified atom stereocenters. The van der Waals surface area contributed by atoms with E-state index in [2.05, 4.69) is 197 Å². The minimum absolute atomic E-state index is 0.0476. The largest absolute Gasteiger partial charge is 0.290 e. The first-order valence-electron chi connectivity index (χ1n) is 18.2. The lowest BCUT2D eigenvalue weighted by molar-refractivity contribution is -0.634. The molecule has 2 aromatic heterocycles. The van der Waals surface area contributed by atoms with E-state index in [-0.39, 0.29) is 5.41 Å². The van der Waals surface area contributed by atoms with Gasteiger partial charge in [-0.25, -0.2) is 18.3 Å². The Bertz CT molecular complexity index is 2370. The van der Waals surface area contributed by atoms with E-state index in [0.29, 0.717) is 12.1 Å². The minimum atomic E-state index is -0.0476. The van der Waals surface area contributed by atoms with Crippen molar-refractivity contribution in [1.29, 1.82) is 0 Å². The topological polar surface area (TPSA) is 17.6 Å². The second-order valence-corrected chi connectivity index (χ2v) is 15.5. The van der Waals surface area contributed by atoms with Crippen LogP contribution in [0.5, 0.6) is 0 Å². The zero-order valence-corrected chi connectivity index (χ0v) is 31.5. The van der Waals surface area contributed by atoms with Crippen LogP contribution >= 0.6 is 0 Å². The molecule has 0 spiro atoms. The van der Waals surface area contributed by atoms with Gasteiger partial charge in [0.25, 0.3) is 11.6 Å². The Morgan fingerprint density at radius 1 is 0.560 bits per heavy atom. The summed E-state index contributed by atoms with van der Waals surface area (Å²) >= 11 is 0. The number of nitrogens with zero attached hydrogens (tertiary/aromatic N) is 4. The fraction of sp³-hybridized carbons (Fsp3) is 0.304. The van der Waals surface area contributed by atoms with Crippen LogP contribution in [-0.4, -0.2) is 9.13 Å².